The Morgan fingerprint density at radius 2 is 1.83 bits per heavy atom. The summed E-state index contributed by atoms with van der Waals surface area (Å²) in [7, 11) is 0. The molecule has 0 radical (unpaired) electrons. The Balaban J connectivity index is 1.41. The van der Waals surface area contributed by atoms with Crippen molar-refractivity contribution < 1.29 is 38.0 Å². The normalized spacial score (nSPS) is 16.9. The lowest BCUT2D eigenvalue weighted by Crippen LogP contribution is -2.29. The number of carbonyl (C=O) groups is 2. The monoisotopic (exact) mass is 691 g/mol. The van der Waals surface area contributed by atoms with Crippen LogP contribution in [0.3, 0.4) is 0 Å². The number of benzene rings is 3. The van der Waals surface area contributed by atoms with Gasteiger partial charge >= 0.3 is 5.91 Å². The number of carbonyl (C=O) groups excluding carboxylic acids is 2. The lowest BCUT2D eigenvalue weighted by molar-refractivity contribution is -0.132. The van der Waals surface area contributed by atoms with Crippen LogP contribution in [0.4, 0.5) is 9.52 Å². The summed E-state index contributed by atoms with van der Waals surface area (Å²) in [5.41, 5.74) is 1.13. The molecule has 2 aliphatic heterocycles. The molecule has 3 heterocycles. The minimum absolute atomic E-state index is 0.136. The molecule has 250 valence electrons. The Bertz CT molecular complexity index is 1860. The number of fused-ring (bicyclic) bond motifs is 1. The lowest BCUT2D eigenvalue weighted by Gasteiger charge is -2.24. The quantitative estimate of drug-likeness (QED) is 0.0537. The Hall–Kier alpha value is -4.62. The highest BCUT2D eigenvalue weighted by Gasteiger charge is 2.48. The number of aliphatic hydroxyl groups is 1. The molecule has 48 heavy (non-hydrogen) atoms. The number of thioether (sulfide) groups is 1. The molecule has 1 fully saturated rings. The smallest absolute Gasteiger partial charge is 0.301 e. The highest BCUT2D eigenvalue weighted by atomic mass is 32.2. The molecule has 2 aliphatic rings. The van der Waals surface area contributed by atoms with E-state index in [1.165, 1.54) is 22.7 Å². The SMILES string of the molecule is CCOc1cc(C2/C(=C(/O)c3ccc4c(c3)OCCO4)C(=O)C(=O)N2c2nnc(SCc3ccccc3F)s2)ccc1OCCC(C)C. The second kappa shape index (κ2) is 14.7. The van der Waals surface area contributed by atoms with Crippen LogP contribution in [0.5, 0.6) is 23.0 Å². The molecule has 1 N–H and O–H groups in total. The van der Waals surface area contributed by atoms with Crippen molar-refractivity contribution in [3.8, 4) is 23.0 Å². The fraction of sp³-hybridized carbons (Fsp3) is 0.314. The van der Waals surface area contributed by atoms with Crippen molar-refractivity contribution in [1.82, 2.24) is 10.2 Å². The largest absolute Gasteiger partial charge is 0.507 e. The van der Waals surface area contributed by atoms with Crippen LogP contribution >= 0.6 is 23.1 Å². The van der Waals surface area contributed by atoms with Gasteiger partial charge in [0.15, 0.2) is 27.3 Å². The number of hydrogen-bond donors (Lipinski definition) is 1. The summed E-state index contributed by atoms with van der Waals surface area (Å²) in [5, 5.41) is 20.3. The predicted octanol–water partition coefficient (Wildman–Crippen LogP) is 7.19. The second-order valence-electron chi connectivity index (χ2n) is 11.4. The summed E-state index contributed by atoms with van der Waals surface area (Å²) in [6.45, 7) is 7.63. The van der Waals surface area contributed by atoms with E-state index in [0.29, 0.717) is 76.6 Å². The van der Waals surface area contributed by atoms with Gasteiger partial charge in [0.2, 0.25) is 5.13 Å². The van der Waals surface area contributed by atoms with Crippen molar-refractivity contribution in [2.24, 2.45) is 5.92 Å². The Kier molecular flexibility index (Phi) is 10.2. The van der Waals surface area contributed by atoms with Gasteiger partial charge in [0, 0.05) is 11.3 Å². The van der Waals surface area contributed by atoms with Gasteiger partial charge in [-0.25, -0.2) is 4.39 Å². The Morgan fingerprint density at radius 3 is 2.60 bits per heavy atom. The van der Waals surface area contributed by atoms with E-state index < -0.39 is 17.7 Å². The number of aromatic nitrogens is 2. The maximum atomic E-state index is 14.2. The molecule has 0 saturated carbocycles. The molecule has 1 saturated heterocycles. The minimum Gasteiger partial charge on any atom is -0.507 e. The van der Waals surface area contributed by atoms with E-state index >= 15 is 0 Å². The number of amides is 1. The number of Topliss-reactive ketones (excluding diaryl/α,β-unsaturated/α-hetero) is 1. The van der Waals surface area contributed by atoms with E-state index in [9.17, 15) is 19.1 Å². The first kappa shape index (κ1) is 33.3. The molecule has 3 aromatic carbocycles. The van der Waals surface area contributed by atoms with Crippen LogP contribution < -0.4 is 23.8 Å². The molecule has 4 aromatic rings. The number of anilines is 1. The first-order valence-electron chi connectivity index (χ1n) is 15.6. The summed E-state index contributed by atoms with van der Waals surface area (Å²) < 4.78 is 38.0. The van der Waals surface area contributed by atoms with Gasteiger partial charge in [0.25, 0.3) is 5.78 Å². The van der Waals surface area contributed by atoms with Crippen molar-refractivity contribution in [2.45, 2.75) is 43.3 Å². The average Bonchev–Trinajstić information content (AvgIpc) is 3.66. The third kappa shape index (κ3) is 6.97. The zero-order valence-electron chi connectivity index (χ0n) is 26.6. The zero-order valence-corrected chi connectivity index (χ0v) is 28.2. The van der Waals surface area contributed by atoms with E-state index in [1.54, 1.807) is 54.6 Å². The lowest BCUT2D eigenvalue weighted by atomic mass is 9.95. The maximum absolute atomic E-state index is 14.2. The van der Waals surface area contributed by atoms with Gasteiger partial charge in [0.1, 0.15) is 24.8 Å². The number of nitrogens with zero attached hydrogens (tertiary/aromatic N) is 3. The molecule has 1 aromatic heterocycles. The second-order valence-corrected chi connectivity index (χ2v) is 13.6. The zero-order chi connectivity index (χ0) is 33.8. The molecule has 0 spiro atoms. The number of ether oxygens (including phenoxy) is 4. The highest BCUT2D eigenvalue weighted by molar-refractivity contribution is 8.00. The van der Waals surface area contributed by atoms with Crippen LogP contribution in [0, 0.1) is 11.7 Å². The highest BCUT2D eigenvalue weighted by Crippen LogP contribution is 2.46. The third-order valence-electron chi connectivity index (χ3n) is 7.71. The summed E-state index contributed by atoms with van der Waals surface area (Å²) in [4.78, 5) is 28.8. The first-order chi connectivity index (χ1) is 23.2. The van der Waals surface area contributed by atoms with Crippen LogP contribution in [0.25, 0.3) is 5.76 Å². The fourth-order valence-electron chi connectivity index (χ4n) is 5.29. The topological polar surface area (TPSA) is 120 Å². The van der Waals surface area contributed by atoms with Crippen molar-refractivity contribution >= 4 is 45.7 Å². The van der Waals surface area contributed by atoms with Gasteiger partial charge in [0.05, 0.1) is 24.8 Å². The molecule has 1 amide bonds. The molecule has 1 unspecified atom stereocenters. The molecule has 10 nitrogen and oxygen atoms in total. The van der Waals surface area contributed by atoms with Crippen molar-refractivity contribution in [2.75, 3.05) is 31.3 Å². The van der Waals surface area contributed by atoms with Gasteiger partial charge in [-0.2, -0.15) is 0 Å². The third-order valence-corrected chi connectivity index (χ3v) is 9.81. The van der Waals surface area contributed by atoms with E-state index in [2.05, 4.69) is 24.0 Å². The van der Waals surface area contributed by atoms with Gasteiger partial charge in [-0.1, -0.05) is 61.2 Å². The molecule has 6 rings (SSSR count). The van der Waals surface area contributed by atoms with E-state index in [1.807, 2.05) is 6.92 Å². The average molecular weight is 692 g/mol. The summed E-state index contributed by atoms with van der Waals surface area (Å²) in [5.74, 6) is 0.139. The summed E-state index contributed by atoms with van der Waals surface area (Å²) in [6.07, 6.45) is 0.845. The molecule has 0 bridgehead atoms. The van der Waals surface area contributed by atoms with E-state index in [-0.39, 0.29) is 27.8 Å². The standard InChI is InChI=1S/C35H34FN3O7S2/c1-4-43-27-17-21(9-11-25(27)44-14-13-20(2)3)30-29(31(40)22-10-12-26-28(18-22)46-16-15-45-26)32(41)33(42)39(30)34-37-38-35(48-34)47-19-23-7-5-6-8-24(23)36/h5-12,17-18,20,30,40H,4,13-16,19H2,1-3H3/b31-29-. The molecular weight excluding hydrogens is 658 g/mol. The summed E-state index contributed by atoms with van der Waals surface area (Å²) in [6, 6.07) is 15.4. The van der Waals surface area contributed by atoms with Crippen molar-refractivity contribution in [3.05, 3.63) is 88.7 Å². The molecule has 13 heteroatoms. The van der Waals surface area contributed by atoms with E-state index in [4.69, 9.17) is 18.9 Å². The van der Waals surface area contributed by atoms with Gasteiger partial charge in [-0.05, 0) is 66.8 Å². The predicted molar refractivity (Wildman–Crippen MR) is 181 cm³/mol. The number of ketones is 1. The van der Waals surface area contributed by atoms with Crippen LogP contribution in [0.2, 0.25) is 0 Å². The first-order valence-corrected chi connectivity index (χ1v) is 17.4. The van der Waals surface area contributed by atoms with Gasteiger partial charge in [-0.3, -0.25) is 14.5 Å². The van der Waals surface area contributed by atoms with E-state index in [0.717, 1.165) is 17.8 Å². The van der Waals surface area contributed by atoms with Crippen LogP contribution in [-0.2, 0) is 15.3 Å². The number of hydrogen-bond acceptors (Lipinski definition) is 11. The Labute approximate surface area is 285 Å². The number of rotatable bonds is 12. The van der Waals surface area contributed by atoms with Crippen molar-refractivity contribution in [1.29, 1.82) is 0 Å². The minimum atomic E-state index is -1.08. The van der Waals surface area contributed by atoms with Crippen LogP contribution in [-0.4, -0.2) is 53.4 Å². The summed E-state index contributed by atoms with van der Waals surface area (Å²) >= 11 is 2.36. The number of aliphatic hydroxyl groups excluding tert-OH is 1. The van der Waals surface area contributed by atoms with Crippen molar-refractivity contribution in [3.63, 3.8) is 0 Å². The number of halogens is 1. The molecule has 1 atom stereocenters. The van der Waals surface area contributed by atoms with Gasteiger partial charge in [-0.15, -0.1) is 10.2 Å². The van der Waals surface area contributed by atoms with Crippen LogP contribution in [0.15, 0.2) is 70.6 Å². The molecule has 0 aliphatic carbocycles. The molecular formula is C35H34FN3O7S2. The fourth-order valence-corrected chi connectivity index (χ4v) is 7.15. The van der Waals surface area contributed by atoms with Gasteiger partial charge < -0.3 is 24.1 Å². The Morgan fingerprint density at radius 1 is 1.04 bits per heavy atom. The maximum Gasteiger partial charge on any atom is 0.301 e. The van der Waals surface area contributed by atoms with Crippen LogP contribution in [0.1, 0.15) is 49.9 Å².